The molecule has 0 radical (unpaired) electrons. The Labute approximate surface area is 136 Å². The quantitative estimate of drug-likeness (QED) is 0.694. The Morgan fingerprint density at radius 1 is 1.43 bits per heavy atom. The van der Waals surface area contributed by atoms with Crippen LogP contribution in [-0.2, 0) is 27.4 Å². The minimum atomic E-state index is 0.0954. The summed E-state index contributed by atoms with van der Waals surface area (Å²) in [6, 6.07) is 0.201. The number of methoxy groups -OCH3 is 1. The van der Waals surface area contributed by atoms with Crippen molar-refractivity contribution in [2.75, 3.05) is 40.0 Å². The van der Waals surface area contributed by atoms with E-state index >= 15 is 0 Å². The smallest absolute Gasteiger partial charge is 0.246 e. The molecule has 8 nitrogen and oxygen atoms in total. The van der Waals surface area contributed by atoms with Crippen molar-refractivity contribution >= 4 is 5.91 Å². The van der Waals surface area contributed by atoms with Gasteiger partial charge in [-0.3, -0.25) is 9.69 Å². The lowest BCUT2D eigenvalue weighted by molar-refractivity contribution is -0.133. The number of hydrogen-bond acceptors (Lipinski definition) is 7. The van der Waals surface area contributed by atoms with Crippen molar-refractivity contribution in [1.82, 2.24) is 19.9 Å². The summed E-state index contributed by atoms with van der Waals surface area (Å²) >= 11 is 0. The zero-order valence-electron chi connectivity index (χ0n) is 14.2. The lowest BCUT2D eigenvalue weighted by Crippen LogP contribution is -2.44. The first-order valence-corrected chi connectivity index (χ1v) is 8.04. The maximum atomic E-state index is 12.5. The molecule has 2 rings (SSSR count). The van der Waals surface area contributed by atoms with Crippen LogP contribution in [-0.4, -0.2) is 71.8 Å². The number of morpholine rings is 1. The Morgan fingerprint density at radius 2 is 2.17 bits per heavy atom. The Balaban J connectivity index is 1.86. The Kier molecular flexibility index (Phi) is 6.94. The minimum Gasteiger partial charge on any atom is -0.379 e. The van der Waals surface area contributed by atoms with Gasteiger partial charge >= 0.3 is 0 Å². The van der Waals surface area contributed by atoms with Crippen molar-refractivity contribution in [3.05, 3.63) is 11.7 Å². The molecule has 1 aliphatic heterocycles. The first-order valence-electron chi connectivity index (χ1n) is 8.04. The Hall–Kier alpha value is -1.51. The first kappa shape index (κ1) is 17.8. The number of carbonyl (C=O) groups excluding carboxylic acids is 1. The van der Waals surface area contributed by atoms with E-state index in [2.05, 4.69) is 22.0 Å². The van der Waals surface area contributed by atoms with Crippen LogP contribution < -0.4 is 0 Å². The monoisotopic (exact) mass is 326 g/mol. The minimum absolute atomic E-state index is 0.0954. The van der Waals surface area contributed by atoms with Gasteiger partial charge in [-0.25, -0.2) is 0 Å². The third kappa shape index (κ3) is 5.26. The number of aromatic nitrogens is 2. The van der Waals surface area contributed by atoms with E-state index in [0.29, 0.717) is 37.8 Å². The second-order valence-electron chi connectivity index (χ2n) is 5.65. The second-order valence-corrected chi connectivity index (χ2v) is 5.65. The highest BCUT2D eigenvalue weighted by atomic mass is 16.5. The van der Waals surface area contributed by atoms with Gasteiger partial charge in [-0.15, -0.1) is 0 Å². The molecule has 1 aromatic heterocycles. The number of carbonyl (C=O) groups is 1. The topological polar surface area (TPSA) is 80.9 Å². The SMILES string of the molecule is CCN(Cc1nc(COC)no1)C(=O)C[C@H](C)N1CCOCC1. The van der Waals surface area contributed by atoms with Gasteiger partial charge in [0.1, 0.15) is 6.61 Å². The fourth-order valence-corrected chi connectivity index (χ4v) is 2.61. The molecule has 1 saturated heterocycles. The third-order valence-corrected chi connectivity index (χ3v) is 3.98. The molecule has 1 fully saturated rings. The van der Waals surface area contributed by atoms with Gasteiger partial charge in [0, 0.05) is 39.2 Å². The van der Waals surface area contributed by atoms with Crippen LogP contribution in [0.1, 0.15) is 32.0 Å². The number of nitrogens with zero attached hydrogens (tertiary/aromatic N) is 4. The van der Waals surface area contributed by atoms with Crippen molar-refractivity contribution in [3.8, 4) is 0 Å². The van der Waals surface area contributed by atoms with Crippen LogP contribution in [0.5, 0.6) is 0 Å². The highest BCUT2D eigenvalue weighted by Crippen LogP contribution is 2.11. The molecule has 0 saturated carbocycles. The largest absolute Gasteiger partial charge is 0.379 e. The fourth-order valence-electron chi connectivity index (χ4n) is 2.61. The summed E-state index contributed by atoms with van der Waals surface area (Å²) in [6.07, 6.45) is 0.479. The molecule has 1 atom stereocenters. The lowest BCUT2D eigenvalue weighted by atomic mass is 10.1. The van der Waals surface area contributed by atoms with Crippen LogP contribution in [0.25, 0.3) is 0 Å². The van der Waals surface area contributed by atoms with Gasteiger partial charge in [0.25, 0.3) is 0 Å². The maximum absolute atomic E-state index is 12.5. The van der Waals surface area contributed by atoms with E-state index in [0.717, 1.165) is 26.3 Å². The van der Waals surface area contributed by atoms with Crippen LogP contribution in [0.15, 0.2) is 4.52 Å². The molecule has 1 aromatic rings. The standard InChI is InChI=1S/C15H26N4O4/c1-4-18(10-14-16-13(11-21-3)17-23-14)15(20)9-12(2)19-5-7-22-8-6-19/h12H,4-11H2,1-3H3/t12-/m0/s1. The predicted octanol–water partition coefficient (Wildman–Crippen LogP) is 0.675. The Bertz CT molecular complexity index is 488. The van der Waals surface area contributed by atoms with Crippen molar-refractivity contribution in [3.63, 3.8) is 0 Å². The van der Waals surface area contributed by atoms with Gasteiger partial charge in [0.05, 0.1) is 19.8 Å². The maximum Gasteiger partial charge on any atom is 0.246 e. The molecule has 0 aromatic carbocycles. The Morgan fingerprint density at radius 3 is 2.83 bits per heavy atom. The molecule has 0 bridgehead atoms. The summed E-state index contributed by atoms with van der Waals surface area (Å²) < 4.78 is 15.5. The molecule has 0 aliphatic carbocycles. The highest BCUT2D eigenvalue weighted by molar-refractivity contribution is 5.76. The van der Waals surface area contributed by atoms with Gasteiger partial charge in [-0.05, 0) is 13.8 Å². The number of rotatable bonds is 8. The average Bonchev–Trinajstić information content (AvgIpc) is 3.01. The molecule has 23 heavy (non-hydrogen) atoms. The second kappa shape index (κ2) is 8.95. The van der Waals surface area contributed by atoms with Crippen LogP contribution in [0.3, 0.4) is 0 Å². The van der Waals surface area contributed by atoms with Gasteiger partial charge in [0.2, 0.25) is 11.8 Å². The van der Waals surface area contributed by atoms with Crippen molar-refractivity contribution in [1.29, 1.82) is 0 Å². The summed E-state index contributed by atoms with van der Waals surface area (Å²) in [4.78, 5) is 20.8. The number of amides is 1. The van der Waals surface area contributed by atoms with Crippen LogP contribution in [0.2, 0.25) is 0 Å². The van der Waals surface area contributed by atoms with E-state index in [-0.39, 0.29) is 11.9 Å². The molecule has 8 heteroatoms. The van der Waals surface area contributed by atoms with E-state index in [4.69, 9.17) is 14.0 Å². The molecule has 0 spiro atoms. The van der Waals surface area contributed by atoms with E-state index in [1.807, 2.05) is 6.92 Å². The summed E-state index contributed by atoms with van der Waals surface area (Å²) in [6.45, 7) is 8.51. The highest BCUT2D eigenvalue weighted by Gasteiger charge is 2.23. The zero-order valence-corrected chi connectivity index (χ0v) is 14.2. The van der Waals surface area contributed by atoms with Crippen LogP contribution >= 0.6 is 0 Å². The molecular weight excluding hydrogens is 300 g/mol. The van der Waals surface area contributed by atoms with Crippen LogP contribution in [0, 0.1) is 0 Å². The predicted molar refractivity (Wildman–Crippen MR) is 82.6 cm³/mol. The van der Waals surface area contributed by atoms with E-state index in [9.17, 15) is 4.79 Å². The van der Waals surface area contributed by atoms with Crippen molar-refractivity contribution in [2.24, 2.45) is 0 Å². The summed E-state index contributed by atoms with van der Waals surface area (Å²) in [7, 11) is 1.57. The van der Waals surface area contributed by atoms with Crippen molar-refractivity contribution < 1.29 is 18.8 Å². The number of ether oxygens (including phenoxy) is 2. The molecule has 2 heterocycles. The third-order valence-electron chi connectivity index (χ3n) is 3.98. The van der Waals surface area contributed by atoms with Crippen molar-refractivity contribution in [2.45, 2.75) is 39.5 Å². The lowest BCUT2D eigenvalue weighted by Gasteiger charge is -2.33. The first-order chi connectivity index (χ1) is 11.1. The zero-order chi connectivity index (χ0) is 16.7. The molecular formula is C15H26N4O4. The van der Waals surface area contributed by atoms with Gasteiger partial charge in [-0.2, -0.15) is 4.98 Å². The molecule has 0 unspecified atom stereocenters. The van der Waals surface area contributed by atoms with Gasteiger partial charge in [-0.1, -0.05) is 5.16 Å². The van der Waals surface area contributed by atoms with Gasteiger partial charge in [0.15, 0.2) is 5.82 Å². The van der Waals surface area contributed by atoms with E-state index in [1.165, 1.54) is 0 Å². The van der Waals surface area contributed by atoms with E-state index < -0.39 is 0 Å². The summed E-state index contributed by atoms with van der Waals surface area (Å²) in [5.41, 5.74) is 0. The van der Waals surface area contributed by atoms with Crippen LogP contribution in [0.4, 0.5) is 0 Å². The molecule has 1 aliphatic rings. The molecule has 1 amide bonds. The van der Waals surface area contributed by atoms with E-state index in [1.54, 1.807) is 12.0 Å². The summed E-state index contributed by atoms with van der Waals surface area (Å²) in [5, 5.41) is 3.82. The normalized spacial score (nSPS) is 17.2. The van der Waals surface area contributed by atoms with Gasteiger partial charge < -0.3 is 18.9 Å². The fraction of sp³-hybridized carbons (Fsp3) is 0.800. The molecule has 130 valence electrons. The number of hydrogen-bond donors (Lipinski definition) is 0. The summed E-state index contributed by atoms with van der Waals surface area (Å²) in [5.74, 6) is 1.02. The average molecular weight is 326 g/mol. The molecule has 0 N–H and O–H groups in total.